The van der Waals surface area contributed by atoms with Crippen LogP contribution in [0.3, 0.4) is 0 Å². The SMILES string of the molecule is Cc1ncsc1-c1ccc([C@H](CN(C)C)NC(=O)[C@@H]2C[C@@H](O)CN2C(=O)[C@@H](NC(=O)COCCCCCOc2c(Cl)cc(C(C)(C)c3ccc(OCc4cnc(NS(C)(=O)=O)nc4)cc3)cc2C#N)C(C)(C)C)cc1. The summed E-state index contributed by atoms with van der Waals surface area (Å²) in [6.07, 6.45) is 5.09. The zero-order valence-corrected chi connectivity index (χ0v) is 46.4. The summed E-state index contributed by atoms with van der Waals surface area (Å²) in [4.78, 5) is 58.4. The van der Waals surface area contributed by atoms with Gasteiger partial charge in [0.05, 0.1) is 51.7 Å². The van der Waals surface area contributed by atoms with E-state index in [0.717, 1.165) is 39.1 Å². The number of likely N-dealkylation sites (tertiary alicyclic amines) is 1. The van der Waals surface area contributed by atoms with Crippen molar-refractivity contribution in [3.63, 3.8) is 0 Å². The molecule has 0 bridgehead atoms. The molecule has 0 saturated carbocycles. The molecule has 21 heteroatoms. The van der Waals surface area contributed by atoms with Gasteiger partial charge in [-0.15, -0.1) is 11.3 Å². The number of nitrogens with one attached hydrogen (secondary N) is 3. The van der Waals surface area contributed by atoms with Crippen LogP contribution in [0.5, 0.6) is 11.5 Å². The Morgan fingerprint density at radius 2 is 1.63 bits per heavy atom. The molecule has 1 saturated heterocycles. The highest BCUT2D eigenvalue weighted by Crippen LogP contribution is 2.39. The number of aromatic nitrogens is 3. The minimum atomic E-state index is -3.49. The van der Waals surface area contributed by atoms with E-state index in [0.29, 0.717) is 60.1 Å². The highest BCUT2D eigenvalue weighted by Gasteiger charge is 2.45. The topological polar surface area (TPSA) is 238 Å². The molecule has 6 rings (SSSR count). The van der Waals surface area contributed by atoms with E-state index in [1.165, 1.54) is 17.3 Å². The van der Waals surface area contributed by atoms with Gasteiger partial charge < -0.3 is 39.8 Å². The van der Waals surface area contributed by atoms with Crippen molar-refractivity contribution in [3.05, 3.63) is 117 Å². The standard InChI is InChI=1S/C54H68ClN9O9S2/c1-34-48(74-33-59-34)37-15-13-36(14-16-37)44(30-63(7)8)60-50(67)45-25-41(65)29-64(45)51(68)49(53(2,3)4)61-46(66)32-71-21-11-10-12-22-72-47-38(26-56)23-40(24-43(47)55)54(5,6)39-17-19-42(20-18-39)73-31-35-27-57-52(58-28-35)62-75(9,69)70/h13-20,23-24,27-28,33,41,44-45,49,65H,10-12,21-22,25,29-32H2,1-9H3,(H,60,67)(H,61,66)(H,57,58,62)/t41-,44+,45+,49-/m1/s1. The summed E-state index contributed by atoms with van der Waals surface area (Å²) < 4.78 is 42.7. The second-order valence-corrected chi connectivity index (χ2v) is 23.6. The monoisotopic (exact) mass is 1090 g/mol. The Morgan fingerprint density at radius 3 is 2.24 bits per heavy atom. The Hall–Kier alpha value is -6.21. The van der Waals surface area contributed by atoms with Gasteiger partial charge in [0.25, 0.3) is 0 Å². The predicted octanol–water partition coefficient (Wildman–Crippen LogP) is 7.19. The third-order valence-electron chi connectivity index (χ3n) is 12.7. The molecule has 5 aromatic rings. The highest BCUT2D eigenvalue weighted by molar-refractivity contribution is 7.92. The first-order valence-corrected chi connectivity index (χ1v) is 27.8. The fourth-order valence-corrected chi connectivity index (χ4v) is 10.1. The summed E-state index contributed by atoms with van der Waals surface area (Å²) in [5.41, 5.74) is 6.14. The van der Waals surface area contributed by atoms with Crippen molar-refractivity contribution in [3.8, 4) is 28.0 Å². The molecule has 2 aromatic heterocycles. The summed E-state index contributed by atoms with van der Waals surface area (Å²) in [7, 11) is 0.352. The van der Waals surface area contributed by atoms with Crippen LogP contribution < -0.4 is 24.8 Å². The number of amides is 3. The average Bonchev–Trinajstić information content (AvgIpc) is 3.97. The van der Waals surface area contributed by atoms with Crippen LogP contribution in [0, 0.1) is 23.7 Å². The van der Waals surface area contributed by atoms with Crippen molar-refractivity contribution in [2.75, 3.05) is 58.0 Å². The molecule has 3 aromatic carbocycles. The van der Waals surface area contributed by atoms with E-state index < -0.39 is 56.9 Å². The predicted molar refractivity (Wildman–Crippen MR) is 289 cm³/mol. The molecule has 0 spiro atoms. The molecule has 1 fully saturated rings. The number of halogens is 1. The van der Waals surface area contributed by atoms with Crippen molar-refractivity contribution in [2.24, 2.45) is 5.41 Å². The number of carbonyl (C=O) groups is 3. The number of aliphatic hydroxyl groups is 1. The van der Waals surface area contributed by atoms with Crippen molar-refractivity contribution < 1.29 is 42.1 Å². The van der Waals surface area contributed by atoms with Crippen LogP contribution in [0.2, 0.25) is 5.02 Å². The molecule has 0 aliphatic carbocycles. The lowest BCUT2D eigenvalue weighted by Gasteiger charge is -2.35. The summed E-state index contributed by atoms with van der Waals surface area (Å²) in [5.74, 6) is -0.445. The molecule has 3 amide bonds. The molecule has 0 radical (unpaired) electrons. The van der Waals surface area contributed by atoms with Crippen LogP contribution in [-0.2, 0) is 41.2 Å². The lowest BCUT2D eigenvalue weighted by atomic mass is 9.77. The van der Waals surface area contributed by atoms with Gasteiger partial charge in [-0.1, -0.05) is 82.6 Å². The maximum atomic E-state index is 14.3. The number of hydrogen-bond acceptors (Lipinski definition) is 15. The first-order chi connectivity index (χ1) is 35.4. The third kappa shape index (κ3) is 16.1. The van der Waals surface area contributed by atoms with Crippen molar-refractivity contribution in [1.82, 2.24) is 35.4 Å². The van der Waals surface area contributed by atoms with Crippen LogP contribution in [0.25, 0.3) is 10.4 Å². The van der Waals surface area contributed by atoms with E-state index in [9.17, 15) is 33.2 Å². The quantitative estimate of drug-likeness (QED) is 0.0448. The van der Waals surface area contributed by atoms with Crippen molar-refractivity contribution in [2.45, 2.75) is 103 Å². The average molecular weight is 1090 g/mol. The number of aliphatic hydroxyl groups excluding tert-OH is 1. The Kier molecular flexibility index (Phi) is 19.8. The van der Waals surface area contributed by atoms with Crippen LogP contribution in [0.4, 0.5) is 5.95 Å². The zero-order valence-electron chi connectivity index (χ0n) is 44.0. The number of nitriles is 1. The van der Waals surface area contributed by atoms with E-state index in [2.05, 4.69) is 36.4 Å². The van der Waals surface area contributed by atoms with Gasteiger partial charge in [-0.25, -0.2) is 23.4 Å². The molecule has 402 valence electrons. The molecular formula is C54H68ClN9O9S2. The van der Waals surface area contributed by atoms with Gasteiger partial charge in [0.1, 0.15) is 37.1 Å². The summed E-state index contributed by atoms with van der Waals surface area (Å²) >= 11 is 8.32. The van der Waals surface area contributed by atoms with Crippen LogP contribution in [-0.4, -0.2) is 127 Å². The number of likely N-dealkylation sites (N-methyl/N-ethyl adjacent to an activating group) is 1. The van der Waals surface area contributed by atoms with Gasteiger partial charge in [0.15, 0.2) is 5.75 Å². The molecule has 1 aliphatic rings. The number of benzene rings is 3. The van der Waals surface area contributed by atoms with Crippen LogP contribution >= 0.6 is 22.9 Å². The maximum absolute atomic E-state index is 14.3. The Labute approximate surface area is 449 Å². The molecule has 4 atom stereocenters. The zero-order chi connectivity index (χ0) is 54.7. The van der Waals surface area contributed by atoms with Gasteiger partial charge in [0.2, 0.25) is 33.7 Å². The maximum Gasteiger partial charge on any atom is 0.246 e. The number of aryl methyl sites for hydroxylation is 1. The number of hydrogen-bond donors (Lipinski definition) is 4. The molecule has 18 nitrogen and oxygen atoms in total. The van der Waals surface area contributed by atoms with Gasteiger partial charge >= 0.3 is 0 Å². The normalized spacial score (nSPS) is 15.7. The first kappa shape index (κ1) is 58.1. The lowest BCUT2D eigenvalue weighted by molar-refractivity contribution is -0.144. The third-order valence-corrected chi connectivity index (χ3v) is 14.5. The van der Waals surface area contributed by atoms with Gasteiger partial charge in [-0.05, 0) is 92.2 Å². The Bertz CT molecular complexity index is 2910. The second kappa shape index (κ2) is 25.6. The number of nitrogens with zero attached hydrogens (tertiary/aromatic N) is 6. The molecule has 75 heavy (non-hydrogen) atoms. The van der Waals surface area contributed by atoms with Gasteiger partial charge in [-0.2, -0.15) is 5.26 Å². The molecule has 0 unspecified atom stereocenters. The number of thiazole rings is 1. The van der Waals surface area contributed by atoms with E-state index in [4.69, 9.17) is 25.8 Å². The Balaban J connectivity index is 0.945. The fraction of sp³-hybridized carbons (Fsp3) is 0.463. The lowest BCUT2D eigenvalue weighted by Crippen LogP contribution is -2.58. The van der Waals surface area contributed by atoms with E-state index in [1.54, 1.807) is 23.5 Å². The number of rotatable bonds is 24. The summed E-state index contributed by atoms with van der Waals surface area (Å²) in [6, 6.07) is 19.0. The highest BCUT2D eigenvalue weighted by atomic mass is 35.5. The van der Waals surface area contributed by atoms with Crippen molar-refractivity contribution >= 4 is 56.6 Å². The molecule has 3 heterocycles. The van der Waals surface area contributed by atoms with Crippen LogP contribution in [0.15, 0.2) is 78.6 Å². The van der Waals surface area contributed by atoms with Gasteiger partial charge in [0, 0.05) is 49.5 Å². The minimum Gasteiger partial charge on any atom is -0.491 e. The molecular weight excluding hydrogens is 1020 g/mol. The van der Waals surface area contributed by atoms with E-state index >= 15 is 0 Å². The van der Waals surface area contributed by atoms with Crippen LogP contribution in [0.1, 0.15) is 99.9 Å². The number of unbranched alkanes of at least 4 members (excludes halogenated alkanes) is 2. The minimum absolute atomic E-state index is 0.0244. The number of anilines is 1. The number of carbonyl (C=O) groups excluding carboxylic acids is 3. The number of sulfonamides is 1. The first-order valence-electron chi connectivity index (χ1n) is 24.6. The molecule has 4 N–H and O–H groups in total. The van der Waals surface area contributed by atoms with E-state index in [-0.39, 0.29) is 44.6 Å². The number of β-amino-alcohol motifs (C(OH)–C–C–N with tert-alkyl or cyclic N) is 1. The molecule has 1 aliphatic heterocycles. The summed E-state index contributed by atoms with van der Waals surface area (Å²) in [6.45, 7) is 12.4. The van der Waals surface area contributed by atoms with Crippen molar-refractivity contribution in [1.29, 1.82) is 5.26 Å². The Morgan fingerprint density at radius 1 is 0.947 bits per heavy atom. The van der Waals surface area contributed by atoms with E-state index in [1.807, 2.05) is 115 Å². The summed E-state index contributed by atoms with van der Waals surface area (Å²) in [5, 5.41) is 27.2. The number of ether oxygens (including phenoxy) is 3. The second-order valence-electron chi connectivity index (χ2n) is 20.6. The smallest absolute Gasteiger partial charge is 0.246 e. The van der Waals surface area contributed by atoms with Gasteiger partial charge in [-0.3, -0.25) is 19.1 Å². The fourth-order valence-electron chi connectivity index (χ4n) is 8.59. The largest absolute Gasteiger partial charge is 0.491 e.